The van der Waals surface area contributed by atoms with E-state index in [1.54, 1.807) is 11.3 Å². The number of nitrogens with two attached hydrogens (primary N) is 1. The zero-order chi connectivity index (χ0) is 8.55. The maximum absolute atomic E-state index is 5.41. The topological polar surface area (TPSA) is 51.8 Å². The average molecular weight is 262 g/mol. The molecule has 2 aromatic heterocycles. The van der Waals surface area contributed by atoms with E-state index in [1.165, 1.54) is 11.5 Å². The van der Waals surface area contributed by atoms with Crippen molar-refractivity contribution in [2.24, 2.45) is 0 Å². The fraction of sp³-hybridized carbons (Fsp3) is 0. The van der Waals surface area contributed by atoms with Crippen molar-refractivity contribution in [3.63, 3.8) is 0 Å². The van der Waals surface area contributed by atoms with Gasteiger partial charge in [-0.25, -0.2) is 0 Å². The van der Waals surface area contributed by atoms with Crippen LogP contribution in [0, 0.1) is 0 Å². The smallest absolute Gasteiger partial charge is 0.232 e. The molecule has 2 heterocycles. The van der Waals surface area contributed by atoms with Gasteiger partial charge in [0.05, 0.1) is 3.79 Å². The van der Waals surface area contributed by atoms with Gasteiger partial charge in [-0.3, -0.25) is 0 Å². The number of anilines is 1. The Labute approximate surface area is 85.6 Å². The molecule has 12 heavy (non-hydrogen) atoms. The van der Waals surface area contributed by atoms with Crippen LogP contribution in [0.15, 0.2) is 15.2 Å². The molecule has 0 aliphatic heterocycles. The number of aromatic nitrogens is 2. The maximum Gasteiger partial charge on any atom is 0.232 e. The molecule has 0 atom stereocenters. The molecular weight excluding hydrogens is 258 g/mol. The Morgan fingerprint density at radius 2 is 2.33 bits per heavy atom. The molecule has 3 nitrogen and oxygen atoms in total. The molecule has 0 spiro atoms. The lowest BCUT2D eigenvalue weighted by Crippen LogP contribution is -1.85. The fourth-order valence-corrected chi connectivity index (χ4v) is 2.87. The Balaban J connectivity index is 2.50. The van der Waals surface area contributed by atoms with Crippen molar-refractivity contribution in [3.8, 4) is 10.6 Å². The second-order valence-corrected chi connectivity index (χ2v) is 5.05. The average Bonchev–Trinajstić information content (AvgIpc) is 2.58. The summed E-state index contributed by atoms with van der Waals surface area (Å²) in [5.41, 5.74) is 6.48. The van der Waals surface area contributed by atoms with E-state index >= 15 is 0 Å². The second-order valence-electron chi connectivity index (χ2n) is 2.07. The van der Waals surface area contributed by atoms with E-state index < -0.39 is 0 Å². The number of nitrogens with zero attached hydrogens (tertiary/aromatic N) is 2. The summed E-state index contributed by atoms with van der Waals surface area (Å²) in [5, 5.41) is 2.86. The summed E-state index contributed by atoms with van der Waals surface area (Å²) in [7, 11) is 0. The van der Waals surface area contributed by atoms with Gasteiger partial charge in [0.25, 0.3) is 0 Å². The van der Waals surface area contributed by atoms with Gasteiger partial charge >= 0.3 is 0 Å². The van der Waals surface area contributed by atoms with Gasteiger partial charge in [0, 0.05) is 5.56 Å². The van der Waals surface area contributed by atoms with Crippen LogP contribution in [0.3, 0.4) is 0 Å². The van der Waals surface area contributed by atoms with Gasteiger partial charge in [0.1, 0.15) is 5.01 Å². The molecule has 0 saturated heterocycles. The minimum atomic E-state index is 0.341. The highest BCUT2D eigenvalue weighted by Gasteiger charge is 2.08. The molecule has 2 aromatic rings. The number of nitrogen functional groups attached to an aromatic ring is 1. The number of halogens is 1. The Morgan fingerprint density at radius 1 is 1.50 bits per heavy atom. The fourth-order valence-electron chi connectivity index (χ4n) is 0.790. The molecule has 0 radical (unpaired) electrons. The Kier molecular flexibility index (Phi) is 2.12. The predicted molar refractivity (Wildman–Crippen MR) is 55.3 cm³/mol. The van der Waals surface area contributed by atoms with E-state index in [4.69, 9.17) is 5.73 Å². The van der Waals surface area contributed by atoms with Crippen LogP contribution in [0.5, 0.6) is 0 Å². The first-order valence-electron chi connectivity index (χ1n) is 3.10. The van der Waals surface area contributed by atoms with Gasteiger partial charge in [-0.15, -0.1) is 11.3 Å². The van der Waals surface area contributed by atoms with Crippen molar-refractivity contribution in [1.82, 2.24) is 9.36 Å². The molecule has 0 saturated carbocycles. The van der Waals surface area contributed by atoms with Crippen LogP contribution in [0.25, 0.3) is 10.6 Å². The van der Waals surface area contributed by atoms with Gasteiger partial charge < -0.3 is 5.73 Å². The molecule has 0 aliphatic rings. The molecular formula is C6H4BrN3S2. The lowest BCUT2D eigenvalue weighted by molar-refractivity contribution is 1.34. The molecule has 0 aliphatic carbocycles. The number of hydrogen-bond donors (Lipinski definition) is 1. The number of hydrogen-bond acceptors (Lipinski definition) is 5. The summed E-state index contributed by atoms with van der Waals surface area (Å²) in [4.78, 5) is 4.08. The summed E-state index contributed by atoms with van der Waals surface area (Å²) >= 11 is 6.36. The first-order valence-corrected chi connectivity index (χ1v) is 5.54. The van der Waals surface area contributed by atoms with Crippen LogP contribution in [0.1, 0.15) is 0 Å². The Bertz CT molecular complexity index is 395. The Hall–Kier alpha value is -0.460. The molecule has 0 unspecified atom stereocenters. The maximum atomic E-state index is 5.41. The quantitative estimate of drug-likeness (QED) is 0.859. The lowest BCUT2D eigenvalue weighted by Gasteiger charge is -1.87. The third-order valence-corrected chi connectivity index (χ3v) is 3.74. The third kappa shape index (κ3) is 1.37. The standard InChI is InChI=1S/C6H4BrN3S2/c7-4-3(1-2-11-4)5-9-6(8)10-12-5/h1-2H,(H2,8,10). The molecule has 0 amide bonds. The van der Waals surface area contributed by atoms with Gasteiger partial charge in [0.15, 0.2) is 0 Å². The molecule has 0 aromatic carbocycles. The van der Waals surface area contributed by atoms with E-state index in [0.29, 0.717) is 5.95 Å². The van der Waals surface area contributed by atoms with E-state index in [-0.39, 0.29) is 0 Å². The van der Waals surface area contributed by atoms with Crippen LogP contribution in [-0.4, -0.2) is 9.36 Å². The van der Waals surface area contributed by atoms with Crippen molar-refractivity contribution in [3.05, 3.63) is 15.2 Å². The largest absolute Gasteiger partial charge is 0.367 e. The molecule has 62 valence electrons. The van der Waals surface area contributed by atoms with Crippen LogP contribution in [0.4, 0.5) is 5.95 Å². The minimum absolute atomic E-state index is 0.341. The van der Waals surface area contributed by atoms with E-state index in [0.717, 1.165) is 14.4 Å². The summed E-state index contributed by atoms with van der Waals surface area (Å²) in [5.74, 6) is 0.341. The normalized spacial score (nSPS) is 10.4. The van der Waals surface area contributed by atoms with Gasteiger partial charge in [0.2, 0.25) is 5.95 Å². The number of thiophene rings is 1. The zero-order valence-corrected chi connectivity index (χ0v) is 9.04. The first-order chi connectivity index (χ1) is 5.77. The van der Waals surface area contributed by atoms with Crippen molar-refractivity contribution < 1.29 is 0 Å². The second kappa shape index (κ2) is 3.12. The first kappa shape index (κ1) is 8.15. The van der Waals surface area contributed by atoms with Crippen LogP contribution in [-0.2, 0) is 0 Å². The summed E-state index contributed by atoms with van der Waals surface area (Å²) < 4.78 is 4.97. The molecule has 6 heteroatoms. The van der Waals surface area contributed by atoms with Crippen LogP contribution in [0.2, 0.25) is 0 Å². The van der Waals surface area contributed by atoms with Crippen molar-refractivity contribution in [2.75, 3.05) is 5.73 Å². The minimum Gasteiger partial charge on any atom is -0.367 e. The van der Waals surface area contributed by atoms with Crippen LogP contribution < -0.4 is 5.73 Å². The highest BCUT2D eigenvalue weighted by molar-refractivity contribution is 9.11. The van der Waals surface area contributed by atoms with Crippen molar-refractivity contribution >= 4 is 44.7 Å². The summed E-state index contributed by atoms with van der Waals surface area (Å²) in [6.45, 7) is 0. The summed E-state index contributed by atoms with van der Waals surface area (Å²) in [6, 6.07) is 1.99. The zero-order valence-electron chi connectivity index (χ0n) is 5.82. The van der Waals surface area contributed by atoms with Crippen LogP contribution >= 0.6 is 38.8 Å². The molecule has 2 rings (SSSR count). The van der Waals surface area contributed by atoms with E-state index in [9.17, 15) is 0 Å². The van der Waals surface area contributed by atoms with Gasteiger partial charge in [-0.05, 0) is 38.9 Å². The molecule has 0 fully saturated rings. The third-order valence-electron chi connectivity index (χ3n) is 1.29. The lowest BCUT2D eigenvalue weighted by atomic mass is 10.4. The van der Waals surface area contributed by atoms with E-state index in [2.05, 4.69) is 25.3 Å². The number of rotatable bonds is 1. The monoisotopic (exact) mass is 261 g/mol. The van der Waals surface area contributed by atoms with Gasteiger partial charge in [-0.2, -0.15) is 9.36 Å². The predicted octanol–water partition coefficient (Wildman–Crippen LogP) is 2.61. The highest BCUT2D eigenvalue weighted by atomic mass is 79.9. The van der Waals surface area contributed by atoms with Crippen molar-refractivity contribution in [1.29, 1.82) is 0 Å². The summed E-state index contributed by atoms with van der Waals surface area (Å²) in [6.07, 6.45) is 0. The molecule has 0 bridgehead atoms. The van der Waals surface area contributed by atoms with Crippen molar-refractivity contribution in [2.45, 2.75) is 0 Å². The molecule has 2 N–H and O–H groups in total. The highest BCUT2D eigenvalue weighted by Crippen LogP contribution is 2.33. The Morgan fingerprint density at radius 3 is 2.83 bits per heavy atom. The van der Waals surface area contributed by atoms with E-state index in [1.807, 2.05) is 11.4 Å². The van der Waals surface area contributed by atoms with Gasteiger partial charge in [-0.1, -0.05) is 0 Å². The SMILES string of the molecule is Nc1nsc(-c2ccsc2Br)n1.